The van der Waals surface area contributed by atoms with Crippen molar-refractivity contribution in [1.82, 2.24) is 5.32 Å². The quantitative estimate of drug-likeness (QED) is 0.540. The van der Waals surface area contributed by atoms with Crippen LogP contribution in [-0.4, -0.2) is 20.9 Å². The first-order valence-corrected chi connectivity index (χ1v) is 12.8. The number of benzene rings is 3. The number of hydrogen-bond donors (Lipinski definition) is 1. The van der Waals surface area contributed by atoms with E-state index in [0.29, 0.717) is 5.69 Å². The lowest BCUT2D eigenvalue weighted by molar-refractivity contribution is -0.120. The van der Waals surface area contributed by atoms with Gasteiger partial charge in [0.05, 0.1) is 16.6 Å². The Bertz CT molecular complexity index is 1220. The zero-order valence-electron chi connectivity index (χ0n) is 19.1. The molecule has 6 heteroatoms. The van der Waals surface area contributed by atoms with Crippen molar-refractivity contribution in [2.24, 2.45) is 0 Å². The fourth-order valence-electron chi connectivity index (χ4n) is 4.27. The topological polar surface area (TPSA) is 66.5 Å². The molecule has 0 saturated carbocycles. The van der Waals surface area contributed by atoms with Crippen LogP contribution in [0.25, 0.3) is 0 Å². The van der Waals surface area contributed by atoms with Gasteiger partial charge in [0.25, 0.3) is 10.0 Å². The van der Waals surface area contributed by atoms with E-state index in [1.165, 1.54) is 28.3 Å². The Kier molecular flexibility index (Phi) is 6.84. The Labute approximate surface area is 196 Å². The number of nitrogens with zero attached hydrogens (tertiary/aromatic N) is 1. The first-order valence-electron chi connectivity index (χ1n) is 11.4. The van der Waals surface area contributed by atoms with Crippen LogP contribution in [0.1, 0.15) is 48.1 Å². The Hall–Kier alpha value is -3.12. The number of amides is 1. The average molecular weight is 463 g/mol. The molecule has 172 valence electrons. The van der Waals surface area contributed by atoms with Crippen LogP contribution in [0.3, 0.4) is 0 Å². The third-order valence-corrected chi connectivity index (χ3v) is 7.98. The van der Waals surface area contributed by atoms with E-state index < -0.39 is 10.0 Å². The molecule has 1 atom stereocenters. The molecular weight excluding hydrogens is 432 g/mol. The molecule has 1 N–H and O–H groups in total. The van der Waals surface area contributed by atoms with Gasteiger partial charge in [-0.25, -0.2) is 8.42 Å². The predicted octanol–water partition coefficient (Wildman–Crippen LogP) is 4.95. The first kappa shape index (κ1) is 23.1. The van der Waals surface area contributed by atoms with Gasteiger partial charge in [-0.1, -0.05) is 54.1 Å². The van der Waals surface area contributed by atoms with Crippen molar-refractivity contribution >= 4 is 21.6 Å². The van der Waals surface area contributed by atoms with Gasteiger partial charge in [0.15, 0.2) is 0 Å². The SMILES string of the molecule is Cc1ccc(N(CC(=O)NC(C)c2ccc3c(c2)CCCC3)S(=O)(=O)c2ccccc2)cc1. The van der Waals surface area contributed by atoms with Gasteiger partial charge >= 0.3 is 0 Å². The number of carbonyl (C=O) groups is 1. The van der Waals surface area contributed by atoms with Crippen LogP contribution in [0.15, 0.2) is 77.7 Å². The van der Waals surface area contributed by atoms with Gasteiger partial charge in [-0.15, -0.1) is 0 Å². The largest absolute Gasteiger partial charge is 0.348 e. The van der Waals surface area contributed by atoms with Gasteiger partial charge in [0.1, 0.15) is 6.54 Å². The normalized spacial score (nSPS) is 14.2. The number of fused-ring (bicyclic) bond motifs is 1. The maximum absolute atomic E-state index is 13.4. The molecule has 1 aliphatic rings. The van der Waals surface area contributed by atoms with Crippen LogP contribution in [0.2, 0.25) is 0 Å². The Morgan fingerprint density at radius 2 is 1.61 bits per heavy atom. The number of nitrogens with one attached hydrogen (secondary N) is 1. The number of anilines is 1. The van der Waals surface area contributed by atoms with E-state index in [1.807, 2.05) is 26.0 Å². The average Bonchev–Trinajstić information content (AvgIpc) is 2.83. The minimum Gasteiger partial charge on any atom is -0.348 e. The highest BCUT2D eigenvalue weighted by molar-refractivity contribution is 7.92. The summed E-state index contributed by atoms with van der Waals surface area (Å²) in [6.07, 6.45) is 4.60. The van der Waals surface area contributed by atoms with Gasteiger partial charge in [-0.3, -0.25) is 9.10 Å². The lowest BCUT2D eigenvalue weighted by atomic mass is 9.89. The third kappa shape index (κ3) is 5.28. The van der Waals surface area contributed by atoms with E-state index in [-0.39, 0.29) is 23.4 Å². The Morgan fingerprint density at radius 1 is 0.939 bits per heavy atom. The standard InChI is InChI=1S/C27H30N2O3S/c1-20-12-16-25(17-13-20)29(33(31,32)26-10-4-3-5-11-26)19-27(30)28-21(2)23-15-14-22-8-6-7-9-24(22)18-23/h3-5,10-18,21H,6-9,19H2,1-2H3,(H,28,30). The summed E-state index contributed by atoms with van der Waals surface area (Å²) >= 11 is 0. The summed E-state index contributed by atoms with van der Waals surface area (Å²) in [6, 6.07) is 21.5. The van der Waals surface area contributed by atoms with E-state index in [2.05, 4.69) is 23.5 Å². The maximum Gasteiger partial charge on any atom is 0.264 e. The number of carbonyl (C=O) groups excluding carboxylic acids is 1. The van der Waals surface area contributed by atoms with Crippen molar-refractivity contribution in [3.05, 3.63) is 95.1 Å². The summed E-state index contributed by atoms with van der Waals surface area (Å²) in [5, 5.41) is 2.99. The molecule has 5 nitrogen and oxygen atoms in total. The fraction of sp³-hybridized carbons (Fsp3) is 0.296. The smallest absolute Gasteiger partial charge is 0.264 e. The third-order valence-electron chi connectivity index (χ3n) is 6.19. The summed E-state index contributed by atoms with van der Waals surface area (Å²) in [5.74, 6) is -0.347. The molecule has 0 fully saturated rings. The van der Waals surface area contributed by atoms with E-state index in [0.717, 1.165) is 24.0 Å². The van der Waals surface area contributed by atoms with Crippen LogP contribution in [-0.2, 0) is 27.7 Å². The van der Waals surface area contributed by atoms with Crippen LogP contribution in [0.5, 0.6) is 0 Å². The summed E-state index contributed by atoms with van der Waals surface area (Å²) in [5.41, 5.74) is 5.26. The van der Waals surface area contributed by atoms with Gasteiger partial charge in [0, 0.05) is 0 Å². The van der Waals surface area contributed by atoms with Gasteiger partial charge in [0.2, 0.25) is 5.91 Å². The van der Waals surface area contributed by atoms with Crippen molar-refractivity contribution < 1.29 is 13.2 Å². The van der Waals surface area contributed by atoms with Crippen LogP contribution in [0, 0.1) is 6.92 Å². The zero-order chi connectivity index (χ0) is 23.4. The molecule has 1 aliphatic carbocycles. The minimum absolute atomic E-state index is 0.154. The van der Waals surface area contributed by atoms with Crippen molar-refractivity contribution in [2.45, 2.75) is 50.5 Å². The van der Waals surface area contributed by atoms with Crippen LogP contribution < -0.4 is 9.62 Å². The van der Waals surface area contributed by atoms with Crippen molar-refractivity contribution in [1.29, 1.82) is 0 Å². The first-order chi connectivity index (χ1) is 15.8. The second kappa shape index (κ2) is 9.79. The van der Waals surface area contributed by atoms with E-state index >= 15 is 0 Å². The summed E-state index contributed by atoms with van der Waals surface area (Å²) in [6.45, 7) is 3.58. The van der Waals surface area contributed by atoms with Crippen molar-refractivity contribution in [2.75, 3.05) is 10.8 Å². The molecule has 0 radical (unpaired) electrons. The molecule has 3 aromatic carbocycles. The number of hydrogen-bond acceptors (Lipinski definition) is 3. The Balaban J connectivity index is 1.56. The molecule has 1 amide bonds. The van der Waals surface area contributed by atoms with E-state index in [1.54, 1.807) is 42.5 Å². The molecule has 4 rings (SSSR count). The molecule has 0 spiro atoms. The molecule has 33 heavy (non-hydrogen) atoms. The number of sulfonamides is 1. The van der Waals surface area contributed by atoms with E-state index in [9.17, 15) is 13.2 Å². The highest BCUT2D eigenvalue weighted by Gasteiger charge is 2.27. The molecule has 0 aromatic heterocycles. The predicted molar refractivity (Wildman–Crippen MR) is 132 cm³/mol. The highest BCUT2D eigenvalue weighted by atomic mass is 32.2. The van der Waals surface area contributed by atoms with Crippen LogP contribution >= 0.6 is 0 Å². The van der Waals surface area contributed by atoms with Gasteiger partial charge in [-0.05, 0) is 80.5 Å². The summed E-state index contributed by atoms with van der Waals surface area (Å²) < 4.78 is 28.0. The number of aryl methyl sites for hydroxylation is 3. The van der Waals surface area contributed by atoms with E-state index in [4.69, 9.17) is 0 Å². The lowest BCUT2D eigenvalue weighted by Gasteiger charge is -2.25. The molecule has 0 bridgehead atoms. The van der Waals surface area contributed by atoms with Crippen molar-refractivity contribution in [3.63, 3.8) is 0 Å². The van der Waals surface area contributed by atoms with Gasteiger partial charge < -0.3 is 5.32 Å². The molecule has 0 heterocycles. The number of rotatable bonds is 7. The monoisotopic (exact) mass is 462 g/mol. The molecule has 0 saturated heterocycles. The maximum atomic E-state index is 13.4. The summed E-state index contributed by atoms with van der Waals surface area (Å²) in [7, 11) is -3.90. The Morgan fingerprint density at radius 3 is 2.30 bits per heavy atom. The lowest BCUT2D eigenvalue weighted by Crippen LogP contribution is -2.41. The highest BCUT2D eigenvalue weighted by Crippen LogP contribution is 2.26. The second-order valence-corrected chi connectivity index (χ2v) is 10.5. The van der Waals surface area contributed by atoms with Crippen molar-refractivity contribution in [3.8, 4) is 0 Å². The zero-order valence-corrected chi connectivity index (χ0v) is 19.9. The summed E-state index contributed by atoms with van der Waals surface area (Å²) in [4.78, 5) is 13.2. The molecular formula is C27H30N2O3S. The molecule has 3 aromatic rings. The van der Waals surface area contributed by atoms with Crippen LogP contribution in [0.4, 0.5) is 5.69 Å². The molecule has 1 unspecified atom stereocenters. The fourth-order valence-corrected chi connectivity index (χ4v) is 5.71. The second-order valence-electron chi connectivity index (χ2n) is 8.68. The minimum atomic E-state index is -3.90. The molecule has 0 aliphatic heterocycles. The van der Waals surface area contributed by atoms with Gasteiger partial charge in [-0.2, -0.15) is 0 Å².